The summed E-state index contributed by atoms with van der Waals surface area (Å²) in [6, 6.07) is 3.94. The van der Waals surface area contributed by atoms with E-state index in [-0.39, 0.29) is 30.4 Å². The Hall–Kier alpha value is -1.49. The first kappa shape index (κ1) is 14.9. The lowest BCUT2D eigenvalue weighted by atomic mass is 10.0. The molecule has 20 heavy (non-hydrogen) atoms. The molecular formula is C15H20F2N2O. The number of carbonyl (C=O) groups excluding carboxylic acids is 1. The average Bonchev–Trinajstić information content (AvgIpc) is 2.42. The van der Waals surface area contributed by atoms with E-state index in [1.54, 1.807) is 0 Å². The van der Waals surface area contributed by atoms with Crippen molar-refractivity contribution in [1.29, 1.82) is 0 Å². The molecule has 0 saturated carbocycles. The van der Waals surface area contributed by atoms with Crippen LogP contribution in [-0.4, -0.2) is 24.5 Å². The van der Waals surface area contributed by atoms with Crippen LogP contribution >= 0.6 is 0 Å². The number of rotatable bonds is 4. The van der Waals surface area contributed by atoms with E-state index in [4.69, 9.17) is 0 Å². The van der Waals surface area contributed by atoms with Gasteiger partial charge in [0.15, 0.2) is 0 Å². The molecule has 2 atom stereocenters. The Kier molecular flexibility index (Phi) is 5.06. The quantitative estimate of drug-likeness (QED) is 0.888. The van der Waals surface area contributed by atoms with Gasteiger partial charge in [-0.1, -0.05) is 0 Å². The van der Waals surface area contributed by atoms with Gasteiger partial charge in [-0.05, 0) is 49.9 Å². The number of nitrogens with one attached hydrogen (secondary N) is 2. The van der Waals surface area contributed by atoms with Crippen LogP contribution in [0.15, 0.2) is 18.2 Å². The van der Waals surface area contributed by atoms with Gasteiger partial charge in [-0.15, -0.1) is 0 Å². The molecule has 0 aromatic heterocycles. The number of piperidine rings is 1. The van der Waals surface area contributed by atoms with Crippen molar-refractivity contribution in [2.45, 2.75) is 44.7 Å². The molecule has 1 fully saturated rings. The van der Waals surface area contributed by atoms with Crippen molar-refractivity contribution in [1.82, 2.24) is 10.6 Å². The zero-order valence-corrected chi connectivity index (χ0v) is 11.6. The molecule has 1 heterocycles. The fourth-order valence-electron chi connectivity index (χ4n) is 2.40. The standard InChI is InChI=1S/C15H20F2N2O/c1-10-2-5-13(9-18-10)19-15(20)7-3-11-8-12(16)4-6-14(11)17/h4,6,8,10,13,18H,2-3,5,7,9H2,1H3,(H,19,20). The third-order valence-corrected chi connectivity index (χ3v) is 3.66. The summed E-state index contributed by atoms with van der Waals surface area (Å²) < 4.78 is 26.4. The fraction of sp³-hybridized carbons (Fsp3) is 0.533. The maximum Gasteiger partial charge on any atom is 0.220 e. The molecule has 5 heteroatoms. The minimum absolute atomic E-state index is 0.116. The van der Waals surface area contributed by atoms with Crippen molar-refractivity contribution in [2.75, 3.05) is 6.54 Å². The molecule has 2 N–H and O–H groups in total. The number of carbonyl (C=O) groups is 1. The smallest absolute Gasteiger partial charge is 0.220 e. The van der Waals surface area contributed by atoms with E-state index in [9.17, 15) is 13.6 Å². The maximum atomic E-state index is 13.4. The van der Waals surface area contributed by atoms with Gasteiger partial charge >= 0.3 is 0 Å². The van der Waals surface area contributed by atoms with Crippen LogP contribution in [0.1, 0.15) is 31.7 Å². The van der Waals surface area contributed by atoms with Gasteiger partial charge in [0.1, 0.15) is 11.6 Å². The summed E-state index contributed by atoms with van der Waals surface area (Å²) in [5.74, 6) is -1.06. The molecular weight excluding hydrogens is 262 g/mol. The zero-order valence-electron chi connectivity index (χ0n) is 11.6. The first-order chi connectivity index (χ1) is 9.54. The van der Waals surface area contributed by atoms with Crippen molar-refractivity contribution >= 4 is 5.91 Å². The Morgan fingerprint density at radius 2 is 2.20 bits per heavy atom. The SMILES string of the molecule is CC1CCC(NC(=O)CCc2cc(F)ccc2F)CN1. The van der Waals surface area contributed by atoms with Crippen LogP contribution in [0.5, 0.6) is 0 Å². The van der Waals surface area contributed by atoms with Crippen LogP contribution in [0.2, 0.25) is 0 Å². The highest BCUT2D eigenvalue weighted by Gasteiger charge is 2.19. The molecule has 0 radical (unpaired) electrons. The Balaban J connectivity index is 1.79. The highest BCUT2D eigenvalue weighted by Crippen LogP contribution is 2.12. The number of aryl methyl sites for hydroxylation is 1. The molecule has 1 amide bonds. The molecule has 1 aliphatic heterocycles. The molecule has 1 saturated heterocycles. The molecule has 110 valence electrons. The van der Waals surface area contributed by atoms with Crippen LogP contribution in [-0.2, 0) is 11.2 Å². The lowest BCUT2D eigenvalue weighted by Crippen LogP contribution is -2.48. The van der Waals surface area contributed by atoms with Crippen molar-refractivity contribution in [3.05, 3.63) is 35.4 Å². The molecule has 0 bridgehead atoms. The lowest BCUT2D eigenvalue weighted by Gasteiger charge is -2.28. The second-order valence-corrected chi connectivity index (χ2v) is 5.39. The Morgan fingerprint density at radius 1 is 1.40 bits per heavy atom. The molecule has 3 nitrogen and oxygen atoms in total. The summed E-state index contributed by atoms with van der Waals surface area (Å²) in [6.07, 6.45) is 2.37. The highest BCUT2D eigenvalue weighted by atomic mass is 19.1. The van der Waals surface area contributed by atoms with E-state index in [1.807, 2.05) is 0 Å². The molecule has 0 spiro atoms. The molecule has 2 rings (SSSR count). The van der Waals surface area contributed by atoms with Gasteiger partial charge < -0.3 is 10.6 Å². The Labute approximate surface area is 117 Å². The summed E-state index contributed by atoms with van der Waals surface area (Å²) >= 11 is 0. The van der Waals surface area contributed by atoms with Crippen molar-refractivity contribution in [3.8, 4) is 0 Å². The fourth-order valence-corrected chi connectivity index (χ4v) is 2.40. The monoisotopic (exact) mass is 282 g/mol. The maximum absolute atomic E-state index is 13.4. The number of benzene rings is 1. The normalized spacial score (nSPS) is 22.6. The largest absolute Gasteiger partial charge is 0.352 e. The average molecular weight is 282 g/mol. The van der Waals surface area contributed by atoms with Crippen LogP contribution in [0.25, 0.3) is 0 Å². The summed E-state index contributed by atoms with van der Waals surface area (Å²) in [5.41, 5.74) is 0.246. The van der Waals surface area contributed by atoms with Gasteiger partial charge in [-0.2, -0.15) is 0 Å². The van der Waals surface area contributed by atoms with Gasteiger partial charge in [0.25, 0.3) is 0 Å². The Bertz CT molecular complexity index is 471. The van der Waals surface area contributed by atoms with E-state index in [0.29, 0.717) is 6.04 Å². The van der Waals surface area contributed by atoms with E-state index in [2.05, 4.69) is 17.6 Å². The van der Waals surface area contributed by atoms with Gasteiger partial charge in [0, 0.05) is 25.0 Å². The van der Waals surface area contributed by atoms with Crippen molar-refractivity contribution in [2.24, 2.45) is 0 Å². The molecule has 0 aliphatic carbocycles. The third kappa shape index (κ3) is 4.27. The number of halogens is 2. The molecule has 2 unspecified atom stereocenters. The first-order valence-corrected chi connectivity index (χ1v) is 7.01. The number of hydrogen-bond acceptors (Lipinski definition) is 2. The van der Waals surface area contributed by atoms with Gasteiger partial charge in [0.2, 0.25) is 5.91 Å². The van der Waals surface area contributed by atoms with Crippen LogP contribution in [0.4, 0.5) is 8.78 Å². The van der Waals surface area contributed by atoms with Crippen LogP contribution < -0.4 is 10.6 Å². The van der Waals surface area contributed by atoms with E-state index < -0.39 is 11.6 Å². The Morgan fingerprint density at radius 3 is 2.90 bits per heavy atom. The predicted molar refractivity (Wildman–Crippen MR) is 73.3 cm³/mol. The predicted octanol–water partition coefficient (Wildman–Crippen LogP) is 2.15. The van der Waals surface area contributed by atoms with E-state index in [1.165, 1.54) is 0 Å². The second kappa shape index (κ2) is 6.79. The summed E-state index contributed by atoms with van der Waals surface area (Å²) in [6.45, 7) is 2.88. The molecule has 1 aromatic carbocycles. The summed E-state index contributed by atoms with van der Waals surface area (Å²) in [7, 11) is 0. The number of hydrogen-bond donors (Lipinski definition) is 2. The summed E-state index contributed by atoms with van der Waals surface area (Å²) in [5, 5.41) is 6.23. The van der Waals surface area contributed by atoms with Gasteiger partial charge in [-0.25, -0.2) is 8.78 Å². The van der Waals surface area contributed by atoms with Gasteiger partial charge in [-0.3, -0.25) is 4.79 Å². The highest BCUT2D eigenvalue weighted by molar-refractivity contribution is 5.76. The van der Waals surface area contributed by atoms with Crippen LogP contribution in [0.3, 0.4) is 0 Å². The second-order valence-electron chi connectivity index (χ2n) is 5.39. The third-order valence-electron chi connectivity index (χ3n) is 3.66. The topological polar surface area (TPSA) is 41.1 Å². The van der Waals surface area contributed by atoms with Crippen LogP contribution in [0, 0.1) is 11.6 Å². The van der Waals surface area contributed by atoms with E-state index in [0.717, 1.165) is 37.6 Å². The number of amides is 1. The first-order valence-electron chi connectivity index (χ1n) is 7.01. The molecule has 1 aliphatic rings. The molecule has 1 aromatic rings. The van der Waals surface area contributed by atoms with Crippen molar-refractivity contribution in [3.63, 3.8) is 0 Å². The minimum atomic E-state index is -0.479. The zero-order chi connectivity index (χ0) is 14.5. The summed E-state index contributed by atoms with van der Waals surface area (Å²) in [4.78, 5) is 11.8. The van der Waals surface area contributed by atoms with Crippen molar-refractivity contribution < 1.29 is 13.6 Å². The minimum Gasteiger partial charge on any atom is -0.352 e. The van der Waals surface area contributed by atoms with E-state index >= 15 is 0 Å². The lowest BCUT2D eigenvalue weighted by molar-refractivity contribution is -0.121. The van der Waals surface area contributed by atoms with Gasteiger partial charge in [0.05, 0.1) is 0 Å².